The molecule has 0 aromatic carbocycles. The minimum Gasteiger partial charge on any atom is -0.383 e. The van der Waals surface area contributed by atoms with Crippen LogP contribution in [0.25, 0.3) is 0 Å². The van der Waals surface area contributed by atoms with Gasteiger partial charge in [-0.3, -0.25) is 9.89 Å². The molecule has 0 aromatic heterocycles. The van der Waals surface area contributed by atoms with Crippen LogP contribution in [0.15, 0.2) is 4.99 Å². The minimum atomic E-state index is 0.596. The lowest BCUT2D eigenvalue weighted by molar-refractivity contribution is 0.0376. The molecular formula is C17H35N5O2. The highest BCUT2D eigenvalue weighted by Crippen LogP contribution is 2.17. The van der Waals surface area contributed by atoms with Gasteiger partial charge in [0.1, 0.15) is 0 Å². The van der Waals surface area contributed by atoms with Gasteiger partial charge in [-0.05, 0) is 44.8 Å². The van der Waals surface area contributed by atoms with Crippen molar-refractivity contribution in [3.63, 3.8) is 0 Å². The first kappa shape index (κ1) is 19.4. The number of likely N-dealkylation sites (tertiary alicyclic amines) is 1. The molecule has 0 aromatic rings. The van der Waals surface area contributed by atoms with E-state index >= 15 is 0 Å². The third-order valence-electron chi connectivity index (χ3n) is 4.90. The maximum atomic E-state index is 5.98. The number of methoxy groups -OCH3 is 1. The van der Waals surface area contributed by atoms with Gasteiger partial charge in [0.2, 0.25) is 0 Å². The first-order valence-corrected chi connectivity index (χ1v) is 9.33. The number of rotatable bonds is 9. The summed E-state index contributed by atoms with van der Waals surface area (Å²) in [7, 11) is 1.76. The average molecular weight is 342 g/mol. The second kappa shape index (κ2) is 11.6. The first-order valence-electron chi connectivity index (χ1n) is 9.33. The second-order valence-corrected chi connectivity index (χ2v) is 6.74. The molecule has 2 fully saturated rings. The predicted molar refractivity (Wildman–Crippen MR) is 97.4 cm³/mol. The Hall–Kier alpha value is -0.890. The second-order valence-electron chi connectivity index (χ2n) is 6.74. The molecule has 2 aliphatic heterocycles. The van der Waals surface area contributed by atoms with E-state index < -0.39 is 0 Å². The molecule has 0 radical (unpaired) electrons. The van der Waals surface area contributed by atoms with Crippen LogP contribution in [0.5, 0.6) is 0 Å². The van der Waals surface area contributed by atoms with Crippen LogP contribution >= 0.6 is 0 Å². The highest BCUT2D eigenvalue weighted by atomic mass is 16.5. The van der Waals surface area contributed by atoms with Gasteiger partial charge in [-0.25, -0.2) is 0 Å². The van der Waals surface area contributed by atoms with Crippen LogP contribution in [0.3, 0.4) is 0 Å². The van der Waals surface area contributed by atoms with Gasteiger partial charge < -0.3 is 25.4 Å². The molecule has 2 rings (SSSR count). The van der Waals surface area contributed by atoms with Crippen molar-refractivity contribution in [2.24, 2.45) is 16.6 Å². The summed E-state index contributed by atoms with van der Waals surface area (Å²) in [4.78, 5) is 9.44. The van der Waals surface area contributed by atoms with Crippen LogP contribution in [0.1, 0.15) is 19.3 Å². The van der Waals surface area contributed by atoms with E-state index in [0.29, 0.717) is 11.9 Å². The average Bonchev–Trinajstić information content (AvgIpc) is 2.63. The maximum Gasteiger partial charge on any atom is 0.188 e. The van der Waals surface area contributed by atoms with Gasteiger partial charge in [0.05, 0.1) is 19.8 Å². The molecular weight excluding hydrogens is 306 g/mol. The number of nitrogens with two attached hydrogens (primary N) is 1. The normalized spacial score (nSPS) is 22.0. The quantitative estimate of drug-likeness (QED) is 0.349. The van der Waals surface area contributed by atoms with E-state index in [-0.39, 0.29) is 0 Å². The Morgan fingerprint density at radius 1 is 1.17 bits per heavy atom. The summed E-state index contributed by atoms with van der Waals surface area (Å²) in [5.41, 5.74) is 5.98. The zero-order valence-corrected chi connectivity index (χ0v) is 15.2. The smallest absolute Gasteiger partial charge is 0.188 e. The van der Waals surface area contributed by atoms with E-state index in [9.17, 15) is 0 Å². The summed E-state index contributed by atoms with van der Waals surface area (Å²) < 4.78 is 10.5. The molecule has 7 nitrogen and oxygen atoms in total. The van der Waals surface area contributed by atoms with Gasteiger partial charge in [0.25, 0.3) is 0 Å². The van der Waals surface area contributed by atoms with E-state index in [1.165, 1.54) is 12.8 Å². The van der Waals surface area contributed by atoms with Gasteiger partial charge in [-0.2, -0.15) is 0 Å². The summed E-state index contributed by atoms with van der Waals surface area (Å²) in [5, 5.41) is 3.24. The number of guanidine groups is 1. The van der Waals surface area contributed by atoms with Crippen LogP contribution in [0, 0.1) is 5.92 Å². The number of ether oxygens (including phenoxy) is 2. The van der Waals surface area contributed by atoms with E-state index in [2.05, 4.69) is 20.1 Å². The van der Waals surface area contributed by atoms with Crippen molar-refractivity contribution in [3.8, 4) is 0 Å². The Kier molecular flexibility index (Phi) is 9.42. The molecule has 140 valence electrons. The van der Waals surface area contributed by atoms with Crippen LogP contribution < -0.4 is 11.1 Å². The van der Waals surface area contributed by atoms with Gasteiger partial charge in [-0.1, -0.05) is 0 Å². The SMILES string of the molecule is COCCN1CCC(CN=C(N)NCCCN2CCOCC2)CC1. The fourth-order valence-corrected chi connectivity index (χ4v) is 3.24. The Morgan fingerprint density at radius 3 is 2.58 bits per heavy atom. The molecule has 0 saturated carbocycles. The van der Waals surface area contributed by atoms with Crippen molar-refractivity contribution in [1.82, 2.24) is 15.1 Å². The third kappa shape index (κ3) is 7.79. The van der Waals surface area contributed by atoms with Crippen molar-refractivity contribution >= 4 is 5.96 Å². The molecule has 7 heteroatoms. The van der Waals surface area contributed by atoms with Crippen molar-refractivity contribution in [3.05, 3.63) is 0 Å². The maximum absolute atomic E-state index is 5.98. The zero-order chi connectivity index (χ0) is 17.0. The number of nitrogens with zero attached hydrogens (tertiary/aromatic N) is 3. The predicted octanol–water partition coefficient (Wildman–Crippen LogP) is -0.0286. The summed E-state index contributed by atoms with van der Waals surface area (Å²) in [6.07, 6.45) is 3.50. The van der Waals surface area contributed by atoms with E-state index in [0.717, 1.165) is 78.6 Å². The Bertz CT molecular complexity index is 353. The zero-order valence-electron chi connectivity index (χ0n) is 15.2. The number of morpholine rings is 1. The number of piperidine rings is 1. The summed E-state index contributed by atoms with van der Waals surface area (Å²) in [6, 6.07) is 0. The highest BCUT2D eigenvalue weighted by molar-refractivity contribution is 5.77. The monoisotopic (exact) mass is 341 g/mol. The third-order valence-corrected chi connectivity index (χ3v) is 4.90. The molecule has 0 unspecified atom stereocenters. The van der Waals surface area contributed by atoms with Crippen LogP contribution in [-0.4, -0.2) is 95.0 Å². The number of hydrogen-bond donors (Lipinski definition) is 2. The van der Waals surface area contributed by atoms with E-state index in [1.54, 1.807) is 7.11 Å². The van der Waals surface area contributed by atoms with Crippen LogP contribution in [-0.2, 0) is 9.47 Å². The summed E-state index contributed by atoms with van der Waals surface area (Å²) >= 11 is 0. The molecule has 0 amide bonds. The Morgan fingerprint density at radius 2 is 1.88 bits per heavy atom. The fourth-order valence-electron chi connectivity index (χ4n) is 3.24. The van der Waals surface area contributed by atoms with Gasteiger partial charge >= 0.3 is 0 Å². The summed E-state index contributed by atoms with van der Waals surface area (Å²) in [5.74, 6) is 1.26. The minimum absolute atomic E-state index is 0.596. The van der Waals surface area contributed by atoms with E-state index in [4.69, 9.17) is 15.2 Å². The molecule has 0 spiro atoms. The number of nitrogens with one attached hydrogen (secondary N) is 1. The number of hydrogen-bond acceptors (Lipinski definition) is 5. The molecule has 24 heavy (non-hydrogen) atoms. The molecule has 2 heterocycles. The molecule has 3 N–H and O–H groups in total. The molecule has 2 aliphatic rings. The lowest BCUT2D eigenvalue weighted by Crippen LogP contribution is -2.39. The van der Waals surface area contributed by atoms with Crippen molar-refractivity contribution < 1.29 is 9.47 Å². The standard InChI is InChI=1S/C17H35N5O2/c1-23-12-9-22-7-3-16(4-8-22)15-20-17(18)19-5-2-6-21-10-13-24-14-11-21/h16H,2-15H2,1H3,(H3,18,19,20). The Balaban J connectivity index is 1.50. The lowest BCUT2D eigenvalue weighted by atomic mass is 9.97. The van der Waals surface area contributed by atoms with Gasteiger partial charge in [0, 0.05) is 39.8 Å². The largest absolute Gasteiger partial charge is 0.383 e. The van der Waals surface area contributed by atoms with Gasteiger partial charge in [-0.15, -0.1) is 0 Å². The first-order chi connectivity index (χ1) is 11.8. The molecule has 0 bridgehead atoms. The van der Waals surface area contributed by atoms with Crippen molar-refractivity contribution in [2.75, 3.05) is 79.3 Å². The lowest BCUT2D eigenvalue weighted by Gasteiger charge is -2.31. The van der Waals surface area contributed by atoms with Crippen LogP contribution in [0.2, 0.25) is 0 Å². The van der Waals surface area contributed by atoms with Gasteiger partial charge in [0.15, 0.2) is 5.96 Å². The van der Waals surface area contributed by atoms with Crippen LogP contribution in [0.4, 0.5) is 0 Å². The Labute approximate surface area is 146 Å². The van der Waals surface area contributed by atoms with E-state index in [1.807, 2.05) is 0 Å². The topological polar surface area (TPSA) is 75.3 Å². The van der Waals surface area contributed by atoms with Crippen molar-refractivity contribution in [2.45, 2.75) is 19.3 Å². The fraction of sp³-hybridized carbons (Fsp3) is 0.941. The molecule has 0 atom stereocenters. The summed E-state index contributed by atoms with van der Waals surface area (Å²) in [6.45, 7) is 10.8. The number of aliphatic imine (C=N–C) groups is 1. The van der Waals surface area contributed by atoms with Crippen molar-refractivity contribution in [1.29, 1.82) is 0 Å². The molecule has 0 aliphatic carbocycles. The molecule has 2 saturated heterocycles. The highest BCUT2D eigenvalue weighted by Gasteiger charge is 2.18.